The number of para-hydroxylation sites is 1. The summed E-state index contributed by atoms with van der Waals surface area (Å²) < 4.78 is 16.0. The summed E-state index contributed by atoms with van der Waals surface area (Å²) in [5, 5.41) is 0. The Morgan fingerprint density at radius 1 is 1.08 bits per heavy atom. The zero-order valence-corrected chi connectivity index (χ0v) is 13.9. The van der Waals surface area contributed by atoms with Gasteiger partial charge in [-0.25, -0.2) is 4.79 Å². The molecule has 0 saturated carbocycles. The average molecular weight is 327 g/mol. The number of benzene rings is 2. The number of methoxy groups -OCH3 is 2. The summed E-state index contributed by atoms with van der Waals surface area (Å²) in [5.74, 6) is 1.87. The minimum atomic E-state index is -0.453. The summed E-state index contributed by atoms with van der Waals surface area (Å²) in [6.07, 6.45) is 1.20. The first kappa shape index (κ1) is 17.4. The third-order valence-electron chi connectivity index (χ3n) is 3.40. The lowest BCUT2D eigenvalue weighted by molar-refractivity contribution is 0.154. The van der Waals surface area contributed by atoms with Crippen molar-refractivity contribution < 1.29 is 19.0 Å². The zero-order valence-electron chi connectivity index (χ0n) is 13.9. The number of ether oxygens (including phenoxy) is 3. The molecule has 0 radical (unpaired) electrons. The number of carbonyl (C=O) groups is 1. The van der Waals surface area contributed by atoms with E-state index in [1.54, 1.807) is 32.4 Å². The first-order valence-corrected chi connectivity index (χ1v) is 7.51. The highest BCUT2D eigenvalue weighted by Gasteiger charge is 2.17. The lowest BCUT2D eigenvalue weighted by Gasteiger charge is -2.22. The van der Waals surface area contributed by atoms with E-state index in [0.29, 0.717) is 30.3 Å². The monoisotopic (exact) mass is 327 g/mol. The van der Waals surface area contributed by atoms with Gasteiger partial charge in [0, 0.05) is 12.1 Å². The Bertz CT molecular complexity index is 685. The molecule has 0 bridgehead atoms. The molecule has 0 spiro atoms. The van der Waals surface area contributed by atoms with E-state index in [0.717, 1.165) is 5.56 Å². The molecule has 126 valence electrons. The number of carbonyl (C=O) groups excluding carboxylic acids is 1. The third kappa shape index (κ3) is 4.52. The van der Waals surface area contributed by atoms with E-state index in [-0.39, 0.29) is 0 Å². The largest absolute Gasteiger partial charge is 0.497 e. The first-order chi connectivity index (χ1) is 11.7. The van der Waals surface area contributed by atoms with Crippen molar-refractivity contribution in [1.29, 1.82) is 0 Å². The minimum Gasteiger partial charge on any atom is -0.497 e. The predicted molar refractivity (Wildman–Crippen MR) is 92.6 cm³/mol. The fourth-order valence-electron chi connectivity index (χ4n) is 2.22. The van der Waals surface area contributed by atoms with Gasteiger partial charge in [-0.3, -0.25) is 4.90 Å². The Labute approximate surface area is 142 Å². The molecule has 5 heteroatoms. The highest BCUT2D eigenvalue weighted by molar-refractivity contribution is 5.71. The van der Waals surface area contributed by atoms with Crippen molar-refractivity contribution in [3.05, 3.63) is 66.7 Å². The number of rotatable bonds is 7. The SMILES string of the molecule is C=CCN(Cc1cc(OC)ccc1OC)C(=O)Oc1ccccc1. The number of amides is 1. The van der Waals surface area contributed by atoms with E-state index in [4.69, 9.17) is 14.2 Å². The van der Waals surface area contributed by atoms with Crippen LogP contribution in [0.15, 0.2) is 61.2 Å². The maximum Gasteiger partial charge on any atom is 0.415 e. The summed E-state index contributed by atoms with van der Waals surface area (Å²) in [4.78, 5) is 14.0. The molecule has 5 nitrogen and oxygen atoms in total. The standard InChI is InChI=1S/C19H21NO4/c1-4-12-20(19(21)24-16-8-6-5-7-9-16)14-15-13-17(22-2)10-11-18(15)23-3/h4-11,13H,1,12,14H2,2-3H3. The Morgan fingerprint density at radius 2 is 1.83 bits per heavy atom. The molecule has 1 amide bonds. The summed E-state index contributed by atoms with van der Waals surface area (Å²) in [6.45, 7) is 4.37. The maximum absolute atomic E-state index is 12.4. The molecule has 0 atom stereocenters. The van der Waals surface area contributed by atoms with E-state index in [1.807, 2.05) is 36.4 Å². The van der Waals surface area contributed by atoms with Gasteiger partial charge in [0.2, 0.25) is 0 Å². The van der Waals surface area contributed by atoms with Crippen LogP contribution in [0.5, 0.6) is 17.2 Å². The van der Waals surface area contributed by atoms with Gasteiger partial charge < -0.3 is 14.2 Å². The summed E-state index contributed by atoms with van der Waals surface area (Å²) in [6, 6.07) is 14.4. The highest BCUT2D eigenvalue weighted by atomic mass is 16.6. The number of nitrogens with zero attached hydrogens (tertiary/aromatic N) is 1. The molecule has 2 aromatic rings. The summed E-state index contributed by atoms with van der Waals surface area (Å²) in [5.41, 5.74) is 0.823. The van der Waals surface area contributed by atoms with Crippen LogP contribution in [0.3, 0.4) is 0 Å². The van der Waals surface area contributed by atoms with Crippen LogP contribution in [0.1, 0.15) is 5.56 Å². The molecule has 0 N–H and O–H groups in total. The second-order valence-corrected chi connectivity index (χ2v) is 5.03. The Kier molecular flexibility index (Phi) is 6.25. The normalized spacial score (nSPS) is 9.92. The first-order valence-electron chi connectivity index (χ1n) is 7.51. The molecule has 0 unspecified atom stereocenters. The Hall–Kier alpha value is -2.95. The predicted octanol–water partition coefficient (Wildman–Crippen LogP) is 3.89. The molecule has 0 aliphatic rings. The summed E-state index contributed by atoms with van der Waals surface area (Å²) >= 11 is 0. The molecule has 0 fully saturated rings. The van der Waals surface area contributed by atoms with Crippen LogP contribution in [-0.2, 0) is 6.54 Å². The van der Waals surface area contributed by atoms with Gasteiger partial charge >= 0.3 is 6.09 Å². The van der Waals surface area contributed by atoms with E-state index in [2.05, 4.69) is 6.58 Å². The maximum atomic E-state index is 12.4. The van der Waals surface area contributed by atoms with E-state index in [9.17, 15) is 4.79 Å². The van der Waals surface area contributed by atoms with Crippen molar-refractivity contribution in [3.63, 3.8) is 0 Å². The lowest BCUT2D eigenvalue weighted by atomic mass is 10.1. The van der Waals surface area contributed by atoms with Gasteiger partial charge in [0.15, 0.2) is 0 Å². The van der Waals surface area contributed by atoms with Crippen LogP contribution in [0.25, 0.3) is 0 Å². The molecule has 0 aliphatic carbocycles. The van der Waals surface area contributed by atoms with E-state index >= 15 is 0 Å². The molecule has 24 heavy (non-hydrogen) atoms. The third-order valence-corrected chi connectivity index (χ3v) is 3.40. The molecule has 0 aliphatic heterocycles. The van der Waals surface area contributed by atoms with Crippen molar-refractivity contribution in [2.75, 3.05) is 20.8 Å². The van der Waals surface area contributed by atoms with Gasteiger partial charge in [0.1, 0.15) is 17.2 Å². The topological polar surface area (TPSA) is 48.0 Å². The lowest BCUT2D eigenvalue weighted by Crippen LogP contribution is -2.33. The molecular formula is C19H21NO4. The van der Waals surface area contributed by atoms with E-state index < -0.39 is 6.09 Å². The molecule has 0 aromatic heterocycles. The van der Waals surface area contributed by atoms with Crippen molar-refractivity contribution in [1.82, 2.24) is 4.90 Å². The van der Waals surface area contributed by atoms with Gasteiger partial charge in [0.05, 0.1) is 20.8 Å². The Balaban J connectivity index is 2.18. The average Bonchev–Trinajstić information content (AvgIpc) is 2.62. The van der Waals surface area contributed by atoms with E-state index in [1.165, 1.54) is 4.90 Å². The van der Waals surface area contributed by atoms with Crippen molar-refractivity contribution in [2.24, 2.45) is 0 Å². The number of hydrogen-bond donors (Lipinski definition) is 0. The van der Waals surface area contributed by atoms with Gasteiger partial charge in [-0.15, -0.1) is 6.58 Å². The fourth-order valence-corrected chi connectivity index (χ4v) is 2.22. The van der Waals surface area contributed by atoms with Gasteiger partial charge in [-0.2, -0.15) is 0 Å². The second-order valence-electron chi connectivity index (χ2n) is 5.03. The Morgan fingerprint density at radius 3 is 2.46 bits per heavy atom. The minimum absolute atomic E-state index is 0.318. The van der Waals surface area contributed by atoms with Crippen molar-refractivity contribution in [3.8, 4) is 17.2 Å². The summed E-state index contributed by atoms with van der Waals surface area (Å²) in [7, 11) is 3.18. The highest BCUT2D eigenvalue weighted by Crippen LogP contribution is 2.25. The van der Waals surface area contributed by atoms with Crippen LogP contribution >= 0.6 is 0 Å². The molecule has 0 heterocycles. The quantitative estimate of drug-likeness (QED) is 0.724. The number of hydrogen-bond acceptors (Lipinski definition) is 4. The zero-order chi connectivity index (χ0) is 17.4. The molecule has 2 rings (SSSR count). The van der Waals surface area contributed by atoms with Crippen molar-refractivity contribution in [2.45, 2.75) is 6.54 Å². The molecule has 2 aromatic carbocycles. The van der Waals surface area contributed by atoms with Crippen LogP contribution in [-0.4, -0.2) is 31.8 Å². The smallest absolute Gasteiger partial charge is 0.415 e. The van der Waals surface area contributed by atoms with Crippen LogP contribution in [0, 0.1) is 0 Å². The van der Waals surface area contributed by atoms with Gasteiger partial charge in [-0.05, 0) is 30.3 Å². The van der Waals surface area contributed by atoms with Crippen molar-refractivity contribution >= 4 is 6.09 Å². The van der Waals surface area contributed by atoms with Gasteiger partial charge in [-0.1, -0.05) is 24.3 Å². The van der Waals surface area contributed by atoms with Crippen LogP contribution in [0.4, 0.5) is 4.79 Å². The molecule has 0 saturated heterocycles. The second kappa shape index (κ2) is 8.62. The molecular weight excluding hydrogens is 306 g/mol. The van der Waals surface area contributed by atoms with Gasteiger partial charge in [0.25, 0.3) is 0 Å². The van der Waals surface area contributed by atoms with Crippen LogP contribution in [0.2, 0.25) is 0 Å². The fraction of sp³-hybridized carbons (Fsp3) is 0.211. The van der Waals surface area contributed by atoms with Crippen LogP contribution < -0.4 is 14.2 Å².